The van der Waals surface area contributed by atoms with Crippen LogP contribution < -0.4 is 11.3 Å². The summed E-state index contributed by atoms with van der Waals surface area (Å²) in [4.78, 5) is 6.78. The number of nitrogen functional groups attached to an aromatic ring is 1. The zero-order chi connectivity index (χ0) is 13.4. The second kappa shape index (κ2) is 8.06. The summed E-state index contributed by atoms with van der Waals surface area (Å²) >= 11 is 0. The molecule has 0 saturated carbocycles. The first kappa shape index (κ1) is 14.9. The number of nitrogens with one attached hydrogen (secondary N) is 1. The summed E-state index contributed by atoms with van der Waals surface area (Å²) in [5.74, 6) is 6.02. The van der Waals surface area contributed by atoms with E-state index in [1.165, 1.54) is 24.8 Å². The van der Waals surface area contributed by atoms with Crippen molar-refractivity contribution >= 4 is 5.82 Å². The van der Waals surface area contributed by atoms with Crippen LogP contribution in [0.4, 0.5) is 5.82 Å². The molecule has 0 aliphatic rings. The van der Waals surface area contributed by atoms with Gasteiger partial charge in [-0.3, -0.25) is 4.90 Å². The van der Waals surface area contributed by atoms with Crippen molar-refractivity contribution in [3.05, 3.63) is 23.9 Å². The van der Waals surface area contributed by atoms with Gasteiger partial charge in [0.05, 0.1) is 0 Å². The molecule has 1 rings (SSSR count). The minimum absolute atomic E-state index is 0.615. The van der Waals surface area contributed by atoms with E-state index < -0.39 is 0 Å². The summed E-state index contributed by atoms with van der Waals surface area (Å²) in [5.41, 5.74) is 3.79. The Balaban J connectivity index is 2.62. The van der Waals surface area contributed by atoms with Crippen molar-refractivity contribution in [1.82, 2.24) is 9.88 Å². The minimum atomic E-state index is 0.615. The van der Waals surface area contributed by atoms with Gasteiger partial charge in [-0.2, -0.15) is 0 Å². The van der Waals surface area contributed by atoms with E-state index in [4.69, 9.17) is 5.84 Å². The predicted octanol–water partition coefficient (Wildman–Crippen LogP) is 2.77. The van der Waals surface area contributed by atoms with Crippen LogP contribution in [0.3, 0.4) is 0 Å². The van der Waals surface area contributed by atoms with Crippen LogP contribution in [0.2, 0.25) is 0 Å². The highest BCUT2D eigenvalue weighted by molar-refractivity contribution is 5.33. The van der Waals surface area contributed by atoms with Gasteiger partial charge in [-0.15, -0.1) is 0 Å². The Labute approximate surface area is 111 Å². The smallest absolute Gasteiger partial charge is 0.139 e. The zero-order valence-electron chi connectivity index (χ0n) is 11.8. The Morgan fingerprint density at radius 1 is 1.39 bits per heavy atom. The summed E-state index contributed by atoms with van der Waals surface area (Å²) in [6.07, 6.45) is 5.57. The normalized spacial score (nSPS) is 12.7. The van der Waals surface area contributed by atoms with Crippen molar-refractivity contribution in [2.45, 2.75) is 52.6 Å². The minimum Gasteiger partial charge on any atom is -0.308 e. The molecule has 0 radical (unpaired) electrons. The molecule has 1 heterocycles. The maximum absolute atomic E-state index is 5.31. The largest absolute Gasteiger partial charge is 0.308 e. The molecule has 1 atom stereocenters. The molecule has 4 nitrogen and oxygen atoms in total. The highest BCUT2D eigenvalue weighted by Crippen LogP contribution is 2.12. The molecule has 4 heteroatoms. The molecular weight excluding hydrogens is 224 g/mol. The molecule has 1 aromatic rings. The maximum Gasteiger partial charge on any atom is 0.139 e. The van der Waals surface area contributed by atoms with Crippen molar-refractivity contribution < 1.29 is 0 Å². The second-order valence-electron chi connectivity index (χ2n) is 4.78. The number of unbranched alkanes of at least 4 members (excludes halogenated alkanes) is 1. The molecule has 18 heavy (non-hydrogen) atoms. The third kappa shape index (κ3) is 4.63. The van der Waals surface area contributed by atoms with Gasteiger partial charge >= 0.3 is 0 Å². The molecular formula is C14H26N4. The van der Waals surface area contributed by atoms with Crippen molar-refractivity contribution in [1.29, 1.82) is 0 Å². The monoisotopic (exact) mass is 250 g/mol. The van der Waals surface area contributed by atoms with E-state index in [-0.39, 0.29) is 0 Å². The lowest BCUT2D eigenvalue weighted by Crippen LogP contribution is -2.33. The SMILES string of the molecule is CCCCN(Cc1ccc(NN)nc1)C(C)CC. The molecule has 0 fully saturated rings. The van der Waals surface area contributed by atoms with Gasteiger partial charge in [0.25, 0.3) is 0 Å². The average Bonchev–Trinajstić information content (AvgIpc) is 2.43. The molecule has 102 valence electrons. The number of anilines is 1. The van der Waals surface area contributed by atoms with Crippen LogP contribution in [0, 0.1) is 0 Å². The van der Waals surface area contributed by atoms with Crippen LogP contribution in [-0.4, -0.2) is 22.5 Å². The number of nitrogens with two attached hydrogens (primary N) is 1. The van der Waals surface area contributed by atoms with Gasteiger partial charge in [-0.1, -0.05) is 26.3 Å². The third-order valence-corrected chi connectivity index (χ3v) is 3.37. The van der Waals surface area contributed by atoms with Crippen molar-refractivity contribution in [2.75, 3.05) is 12.0 Å². The third-order valence-electron chi connectivity index (χ3n) is 3.37. The number of hydrogen-bond donors (Lipinski definition) is 2. The number of pyridine rings is 1. The Hall–Kier alpha value is -1.13. The first-order valence-electron chi connectivity index (χ1n) is 6.86. The highest BCUT2D eigenvalue weighted by Gasteiger charge is 2.12. The summed E-state index contributed by atoms with van der Waals surface area (Å²) in [7, 11) is 0. The number of hydrazine groups is 1. The zero-order valence-corrected chi connectivity index (χ0v) is 11.8. The fourth-order valence-electron chi connectivity index (χ4n) is 1.91. The van der Waals surface area contributed by atoms with E-state index in [9.17, 15) is 0 Å². The molecule has 0 saturated heterocycles. The summed E-state index contributed by atoms with van der Waals surface area (Å²) in [6, 6.07) is 4.62. The van der Waals surface area contributed by atoms with Crippen LogP contribution in [0.5, 0.6) is 0 Å². The van der Waals surface area contributed by atoms with Crippen LogP contribution in [0.1, 0.15) is 45.6 Å². The Bertz CT molecular complexity index is 323. The predicted molar refractivity (Wildman–Crippen MR) is 77.1 cm³/mol. The first-order chi connectivity index (χ1) is 8.71. The molecule has 0 aliphatic heterocycles. The molecule has 0 aliphatic carbocycles. The lowest BCUT2D eigenvalue weighted by Gasteiger charge is -2.28. The van der Waals surface area contributed by atoms with E-state index in [0.29, 0.717) is 11.9 Å². The lowest BCUT2D eigenvalue weighted by molar-refractivity contribution is 0.192. The fraction of sp³-hybridized carbons (Fsp3) is 0.643. The summed E-state index contributed by atoms with van der Waals surface area (Å²) < 4.78 is 0. The van der Waals surface area contributed by atoms with E-state index in [2.05, 4.69) is 42.1 Å². The molecule has 1 aromatic heterocycles. The number of rotatable bonds is 8. The first-order valence-corrected chi connectivity index (χ1v) is 6.86. The van der Waals surface area contributed by atoms with Gasteiger partial charge in [0.15, 0.2) is 0 Å². The Morgan fingerprint density at radius 2 is 2.17 bits per heavy atom. The Morgan fingerprint density at radius 3 is 2.67 bits per heavy atom. The van der Waals surface area contributed by atoms with Gasteiger partial charge in [0.1, 0.15) is 5.82 Å². The quantitative estimate of drug-likeness (QED) is 0.550. The van der Waals surface area contributed by atoms with Gasteiger partial charge in [-0.25, -0.2) is 10.8 Å². The fourth-order valence-corrected chi connectivity index (χ4v) is 1.91. The topological polar surface area (TPSA) is 54.2 Å². The molecule has 0 spiro atoms. The number of aromatic nitrogens is 1. The molecule has 0 amide bonds. The molecule has 3 N–H and O–H groups in total. The van der Waals surface area contributed by atoms with Gasteiger partial charge in [0, 0.05) is 18.8 Å². The van der Waals surface area contributed by atoms with Gasteiger partial charge in [-0.05, 0) is 37.9 Å². The van der Waals surface area contributed by atoms with Crippen LogP contribution >= 0.6 is 0 Å². The van der Waals surface area contributed by atoms with Gasteiger partial charge < -0.3 is 5.43 Å². The van der Waals surface area contributed by atoms with E-state index in [1.54, 1.807) is 0 Å². The van der Waals surface area contributed by atoms with Crippen molar-refractivity contribution in [2.24, 2.45) is 5.84 Å². The standard InChI is InChI=1S/C14H26N4/c1-4-6-9-18(12(3)5-2)11-13-7-8-14(17-15)16-10-13/h7-8,10,12H,4-6,9,11,15H2,1-3H3,(H,16,17). The van der Waals surface area contributed by atoms with E-state index >= 15 is 0 Å². The van der Waals surface area contributed by atoms with E-state index in [1.807, 2.05) is 12.3 Å². The van der Waals surface area contributed by atoms with Crippen LogP contribution in [-0.2, 0) is 6.54 Å². The van der Waals surface area contributed by atoms with Gasteiger partial charge in [0.2, 0.25) is 0 Å². The highest BCUT2D eigenvalue weighted by atomic mass is 15.2. The lowest BCUT2D eigenvalue weighted by atomic mass is 10.1. The second-order valence-corrected chi connectivity index (χ2v) is 4.78. The molecule has 0 bridgehead atoms. The van der Waals surface area contributed by atoms with Crippen LogP contribution in [0.15, 0.2) is 18.3 Å². The van der Waals surface area contributed by atoms with Crippen molar-refractivity contribution in [3.63, 3.8) is 0 Å². The average molecular weight is 250 g/mol. The van der Waals surface area contributed by atoms with E-state index in [0.717, 1.165) is 13.1 Å². The summed E-state index contributed by atoms with van der Waals surface area (Å²) in [5, 5.41) is 0. The number of hydrogen-bond acceptors (Lipinski definition) is 4. The van der Waals surface area contributed by atoms with Crippen molar-refractivity contribution in [3.8, 4) is 0 Å². The Kier molecular flexibility index (Phi) is 6.68. The molecule has 0 aromatic carbocycles. The molecule has 1 unspecified atom stereocenters. The van der Waals surface area contributed by atoms with Crippen LogP contribution in [0.25, 0.3) is 0 Å². The summed E-state index contributed by atoms with van der Waals surface area (Å²) in [6.45, 7) is 8.88. The number of nitrogens with zero attached hydrogens (tertiary/aromatic N) is 2. The maximum atomic E-state index is 5.31.